The van der Waals surface area contributed by atoms with E-state index in [0.717, 1.165) is 30.2 Å². The first-order chi connectivity index (χ1) is 15.0. The van der Waals surface area contributed by atoms with Crippen molar-refractivity contribution in [3.8, 4) is 5.75 Å². The molecule has 2 aromatic rings. The third kappa shape index (κ3) is 4.26. The summed E-state index contributed by atoms with van der Waals surface area (Å²) in [6, 6.07) is 13.3. The van der Waals surface area contributed by atoms with E-state index in [1.807, 2.05) is 47.4 Å². The molecule has 1 saturated heterocycles. The number of likely N-dealkylation sites (N-methyl/N-ethyl adjacent to an activating group) is 1. The summed E-state index contributed by atoms with van der Waals surface area (Å²) in [5, 5.41) is 0. The summed E-state index contributed by atoms with van der Waals surface area (Å²) in [7, 11) is 1.54. The van der Waals surface area contributed by atoms with Crippen molar-refractivity contribution in [2.75, 3.05) is 44.7 Å². The Kier molecular flexibility index (Phi) is 5.93. The molecular weight excluding hydrogens is 392 g/mol. The van der Waals surface area contributed by atoms with Gasteiger partial charge >= 0.3 is 0 Å². The number of rotatable bonds is 6. The maximum atomic E-state index is 12.9. The van der Waals surface area contributed by atoms with Crippen molar-refractivity contribution in [1.82, 2.24) is 14.8 Å². The number of imide groups is 1. The average molecular weight is 421 g/mol. The van der Waals surface area contributed by atoms with Gasteiger partial charge in [-0.3, -0.25) is 14.5 Å². The van der Waals surface area contributed by atoms with Gasteiger partial charge in [0, 0.05) is 39.4 Å². The van der Waals surface area contributed by atoms with Gasteiger partial charge in [0.15, 0.2) is 0 Å². The molecule has 0 spiro atoms. The zero-order valence-corrected chi connectivity index (χ0v) is 18.2. The van der Waals surface area contributed by atoms with Crippen LogP contribution in [0, 0.1) is 5.92 Å². The molecule has 2 aliphatic heterocycles. The predicted octanol–water partition coefficient (Wildman–Crippen LogP) is 2.65. The van der Waals surface area contributed by atoms with E-state index in [2.05, 4.69) is 23.7 Å². The van der Waals surface area contributed by atoms with Gasteiger partial charge in [0.2, 0.25) is 0 Å². The minimum atomic E-state index is -0.261. The SMILES string of the molecule is CC(C)COc1ccc(C2=C(N3CCN(c4ccccn4)CC3)C(=O)N(C)C2=O)cc1. The van der Waals surface area contributed by atoms with Crippen LogP contribution in [0.15, 0.2) is 54.4 Å². The van der Waals surface area contributed by atoms with Crippen LogP contribution in [0.3, 0.4) is 0 Å². The van der Waals surface area contributed by atoms with Crippen molar-refractivity contribution in [3.05, 3.63) is 59.9 Å². The molecule has 0 unspecified atom stereocenters. The number of hydrogen-bond donors (Lipinski definition) is 0. The highest BCUT2D eigenvalue weighted by atomic mass is 16.5. The topological polar surface area (TPSA) is 66.0 Å². The Morgan fingerprint density at radius 2 is 1.61 bits per heavy atom. The number of ether oxygens (including phenoxy) is 1. The van der Waals surface area contributed by atoms with Crippen LogP contribution in [0.5, 0.6) is 5.75 Å². The highest BCUT2D eigenvalue weighted by molar-refractivity contribution is 6.35. The molecule has 31 heavy (non-hydrogen) atoms. The Hall–Kier alpha value is -3.35. The van der Waals surface area contributed by atoms with Gasteiger partial charge in [-0.1, -0.05) is 32.0 Å². The lowest BCUT2D eigenvalue weighted by Crippen LogP contribution is -2.47. The minimum Gasteiger partial charge on any atom is -0.493 e. The Balaban J connectivity index is 1.56. The molecule has 0 saturated carbocycles. The number of hydrogen-bond acceptors (Lipinski definition) is 6. The molecule has 4 rings (SSSR count). The summed E-state index contributed by atoms with van der Waals surface area (Å²) in [6.45, 7) is 7.60. The first kappa shape index (κ1) is 20.9. The van der Waals surface area contributed by atoms with E-state index in [1.54, 1.807) is 13.2 Å². The number of amides is 2. The van der Waals surface area contributed by atoms with Crippen molar-refractivity contribution in [3.63, 3.8) is 0 Å². The summed E-state index contributed by atoms with van der Waals surface area (Å²) in [5.41, 5.74) is 1.69. The number of nitrogens with zero attached hydrogens (tertiary/aromatic N) is 4. The number of anilines is 1. The lowest BCUT2D eigenvalue weighted by Gasteiger charge is -2.37. The van der Waals surface area contributed by atoms with E-state index in [-0.39, 0.29) is 11.8 Å². The number of carbonyl (C=O) groups is 2. The minimum absolute atomic E-state index is 0.244. The van der Waals surface area contributed by atoms with Crippen LogP contribution in [-0.4, -0.2) is 66.4 Å². The van der Waals surface area contributed by atoms with Crippen LogP contribution in [-0.2, 0) is 9.59 Å². The van der Waals surface area contributed by atoms with E-state index < -0.39 is 0 Å². The van der Waals surface area contributed by atoms with E-state index in [0.29, 0.717) is 36.9 Å². The first-order valence-corrected chi connectivity index (χ1v) is 10.7. The number of carbonyl (C=O) groups excluding carboxylic acids is 2. The average Bonchev–Trinajstić information content (AvgIpc) is 3.02. The second-order valence-electron chi connectivity index (χ2n) is 8.28. The predicted molar refractivity (Wildman–Crippen MR) is 119 cm³/mol. The van der Waals surface area contributed by atoms with Crippen LogP contribution in [0.25, 0.3) is 5.57 Å². The van der Waals surface area contributed by atoms with E-state index in [9.17, 15) is 9.59 Å². The summed E-state index contributed by atoms with van der Waals surface area (Å²) in [4.78, 5) is 35.7. The summed E-state index contributed by atoms with van der Waals surface area (Å²) < 4.78 is 5.75. The molecule has 1 aromatic carbocycles. The fourth-order valence-electron chi connectivity index (χ4n) is 3.86. The standard InChI is InChI=1S/C24H28N4O3/c1-17(2)16-31-19-9-7-18(8-10-19)21-22(24(30)26(3)23(21)29)28-14-12-27(13-15-28)20-6-4-5-11-25-20/h4-11,17H,12-16H2,1-3H3. The molecule has 2 amide bonds. The molecule has 0 bridgehead atoms. The monoisotopic (exact) mass is 420 g/mol. The smallest absolute Gasteiger partial charge is 0.277 e. The van der Waals surface area contributed by atoms with Crippen molar-refractivity contribution in [2.24, 2.45) is 5.92 Å². The highest BCUT2D eigenvalue weighted by Crippen LogP contribution is 2.32. The Bertz CT molecular complexity index is 978. The second kappa shape index (κ2) is 8.79. The molecule has 2 aliphatic rings. The van der Waals surface area contributed by atoms with Gasteiger partial charge in [-0.2, -0.15) is 0 Å². The van der Waals surface area contributed by atoms with E-state index >= 15 is 0 Å². The summed E-state index contributed by atoms with van der Waals surface area (Å²) in [5.74, 6) is 1.61. The van der Waals surface area contributed by atoms with E-state index in [4.69, 9.17) is 4.74 Å². The maximum absolute atomic E-state index is 12.9. The van der Waals surface area contributed by atoms with Crippen molar-refractivity contribution in [1.29, 1.82) is 0 Å². The normalized spacial score (nSPS) is 17.2. The molecule has 7 nitrogen and oxygen atoms in total. The van der Waals surface area contributed by atoms with Crippen LogP contribution >= 0.6 is 0 Å². The zero-order chi connectivity index (χ0) is 22.0. The largest absolute Gasteiger partial charge is 0.493 e. The van der Waals surface area contributed by atoms with Gasteiger partial charge in [0.1, 0.15) is 17.3 Å². The molecule has 162 valence electrons. The van der Waals surface area contributed by atoms with Crippen molar-refractivity contribution >= 4 is 23.2 Å². The number of piperazine rings is 1. The summed E-state index contributed by atoms with van der Waals surface area (Å²) >= 11 is 0. The molecule has 0 aliphatic carbocycles. The lowest BCUT2D eigenvalue weighted by atomic mass is 10.0. The lowest BCUT2D eigenvalue weighted by molar-refractivity contribution is -0.135. The fraction of sp³-hybridized carbons (Fsp3) is 0.375. The quantitative estimate of drug-likeness (QED) is 0.670. The number of benzene rings is 1. The third-order valence-corrected chi connectivity index (χ3v) is 5.56. The maximum Gasteiger partial charge on any atom is 0.277 e. The Morgan fingerprint density at radius 1 is 0.935 bits per heavy atom. The molecule has 0 radical (unpaired) electrons. The second-order valence-corrected chi connectivity index (χ2v) is 8.28. The zero-order valence-electron chi connectivity index (χ0n) is 18.2. The first-order valence-electron chi connectivity index (χ1n) is 10.7. The van der Waals surface area contributed by atoms with Gasteiger partial charge in [-0.05, 0) is 35.7 Å². The van der Waals surface area contributed by atoms with Gasteiger partial charge in [-0.15, -0.1) is 0 Å². The van der Waals surface area contributed by atoms with Crippen LogP contribution < -0.4 is 9.64 Å². The molecule has 3 heterocycles. The highest BCUT2D eigenvalue weighted by Gasteiger charge is 2.40. The molecule has 1 fully saturated rings. The molecule has 0 atom stereocenters. The number of pyridine rings is 1. The van der Waals surface area contributed by atoms with Gasteiger partial charge in [0.05, 0.1) is 12.2 Å². The molecule has 1 aromatic heterocycles. The fourth-order valence-corrected chi connectivity index (χ4v) is 3.86. The van der Waals surface area contributed by atoms with Crippen LogP contribution in [0.2, 0.25) is 0 Å². The van der Waals surface area contributed by atoms with Crippen LogP contribution in [0.1, 0.15) is 19.4 Å². The summed E-state index contributed by atoms with van der Waals surface area (Å²) in [6.07, 6.45) is 1.78. The Labute approximate surface area is 182 Å². The molecule has 0 N–H and O–H groups in total. The van der Waals surface area contributed by atoms with E-state index in [1.165, 1.54) is 4.90 Å². The third-order valence-electron chi connectivity index (χ3n) is 5.56. The van der Waals surface area contributed by atoms with Crippen LogP contribution in [0.4, 0.5) is 5.82 Å². The number of aromatic nitrogens is 1. The van der Waals surface area contributed by atoms with Crippen molar-refractivity contribution < 1.29 is 14.3 Å². The molecular formula is C24H28N4O3. The van der Waals surface area contributed by atoms with Gasteiger partial charge in [-0.25, -0.2) is 4.98 Å². The van der Waals surface area contributed by atoms with Gasteiger partial charge < -0.3 is 14.5 Å². The van der Waals surface area contributed by atoms with Crippen molar-refractivity contribution in [2.45, 2.75) is 13.8 Å². The Morgan fingerprint density at radius 3 is 2.23 bits per heavy atom. The van der Waals surface area contributed by atoms with Gasteiger partial charge in [0.25, 0.3) is 11.8 Å². The molecule has 7 heteroatoms.